The first-order chi connectivity index (χ1) is 15.1. The van der Waals surface area contributed by atoms with E-state index < -0.39 is 0 Å². The summed E-state index contributed by atoms with van der Waals surface area (Å²) >= 11 is 0. The molecule has 2 saturated heterocycles. The first kappa shape index (κ1) is 21.6. The van der Waals surface area contributed by atoms with E-state index in [1.165, 1.54) is 12.1 Å². The third kappa shape index (κ3) is 5.18. The fraction of sp³-hybridized carbons (Fsp3) is 0.520. The van der Waals surface area contributed by atoms with Crippen molar-refractivity contribution in [1.82, 2.24) is 10.3 Å². The number of nitrogens with one attached hydrogen (secondary N) is 1. The quantitative estimate of drug-likeness (QED) is 0.501. The van der Waals surface area contributed by atoms with Crippen molar-refractivity contribution in [2.24, 2.45) is 11.1 Å². The van der Waals surface area contributed by atoms with Gasteiger partial charge in [0.25, 0.3) is 5.91 Å². The van der Waals surface area contributed by atoms with Crippen LogP contribution in [0.4, 0.5) is 11.5 Å². The molecule has 2 aliphatic rings. The molecule has 2 unspecified atom stereocenters. The molecular formula is C25H35N5O. The van der Waals surface area contributed by atoms with Gasteiger partial charge in [-0.25, -0.2) is 4.98 Å². The van der Waals surface area contributed by atoms with Crippen LogP contribution < -0.4 is 20.9 Å². The Morgan fingerprint density at radius 2 is 1.87 bits per heavy atom. The van der Waals surface area contributed by atoms with Crippen molar-refractivity contribution in [3.05, 3.63) is 54.2 Å². The molecule has 0 aliphatic carbocycles. The van der Waals surface area contributed by atoms with Gasteiger partial charge in [0.2, 0.25) is 0 Å². The highest BCUT2D eigenvalue weighted by molar-refractivity contribution is 5.95. The van der Waals surface area contributed by atoms with Crippen LogP contribution in [0.3, 0.4) is 0 Å². The standard InChI is InChI=1S/C25H35N5O/c1-2-3-5-10-22(26)28-24(31)20-11-14-27-23(17-20)30-16-13-25(19-30)12-15-29(18-25)21-8-6-4-7-9-21/h4,6-9,11,14,17,22H,2-3,5,10,12-13,15-16,18-19,26H2,1H3,(H,28,31). The molecule has 4 rings (SSSR count). The second-order valence-corrected chi connectivity index (χ2v) is 9.16. The summed E-state index contributed by atoms with van der Waals surface area (Å²) in [6, 6.07) is 14.4. The number of nitrogens with zero attached hydrogens (tertiary/aromatic N) is 3. The number of aromatic nitrogens is 1. The Hall–Kier alpha value is -2.60. The summed E-state index contributed by atoms with van der Waals surface area (Å²) < 4.78 is 0. The summed E-state index contributed by atoms with van der Waals surface area (Å²) in [7, 11) is 0. The molecule has 1 aromatic carbocycles. The molecule has 6 nitrogen and oxygen atoms in total. The maximum Gasteiger partial charge on any atom is 0.252 e. The van der Waals surface area contributed by atoms with Gasteiger partial charge >= 0.3 is 0 Å². The van der Waals surface area contributed by atoms with E-state index in [1.807, 2.05) is 6.07 Å². The van der Waals surface area contributed by atoms with Gasteiger partial charge in [-0.2, -0.15) is 0 Å². The summed E-state index contributed by atoms with van der Waals surface area (Å²) in [4.78, 5) is 22.1. The Morgan fingerprint density at radius 3 is 2.65 bits per heavy atom. The molecule has 1 amide bonds. The highest BCUT2D eigenvalue weighted by Gasteiger charge is 2.43. The lowest BCUT2D eigenvalue weighted by molar-refractivity contribution is 0.0935. The lowest BCUT2D eigenvalue weighted by Crippen LogP contribution is -2.41. The van der Waals surface area contributed by atoms with Crippen molar-refractivity contribution in [3.8, 4) is 0 Å². The van der Waals surface area contributed by atoms with Crippen LogP contribution in [-0.2, 0) is 0 Å². The molecule has 6 heteroatoms. The minimum atomic E-state index is -0.298. The van der Waals surface area contributed by atoms with Crippen LogP contribution >= 0.6 is 0 Å². The zero-order valence-corrected chi connectivity index (χ0v) is 18.6. The van der Waals surface area contributed by atoms with Gasteiger partial charge in [-0.15, -0.1) is 0 Å². The van der Waals surface area contributed by atoms with Gasteiger partial charge in [0, 0.05) is 49.0 Å². The molecule has 3 heterocycles. The predicted molar refractivity (Wildman–Crippen MR) is 126 cm³/mol. The number of para-hydroxylation sites is 1. The molecule has 1 aromatic heterocycles. The Morgan fingerprint density at radius 1 is 1.13 bits per heavy atom. The van der Waals surface area contributed by atoms with Crippen LogP contribution in [0.2, 0.25) is 0 Å². The lowest BCUT2D eigenvalue weighted by Gasteiger charge is -2.26. The minimum Gasteiger partial charge on any atom is -0.371 e. The number of unbranched alkanes of at least 4 members (excludes halogenated alkanes) is 2. The predicted octanol–water partition coefficient (Wildman–Crippen LogP) is 3.78. The van der Waals surface area contributed by atoms with Gasteiger partial charge in [-0.05, 0) is 43.5 Å². The largest absolute Gasteiger partial charge is 0.371 e. The van der Waals surface area contributed by atoms with Crippen LogP contribution in [-0.4, -0.2) is 43.2 Å². The SMILES string of the molecule is CCCCCC(N)NC(=O)c1ccnc(N2CCC3(CCN(c4ccccc4)C3)C2)c1. The molecular weight excluding hydrogens is 386 g/mol. The Kier molecular flexibility index (Phi) is 6.76. The number of nitrogens with two attached hydrogens (primary N) is 1. The molecule has 2 atom stereocenters. The number of hydrogen-bond acceptors (Lipinski definition) is 5. The molecule has 2 fully saturated rings. The maximum absolute atomic E-state index is 12.7. The van der Waals surface area contributed by atoms with E-state index in [4.69, 9.17) is 5.73 Å². The summed E-state index contributed by atoms with van der Waals surface area (Å²) in [5.74, 6) is 0.778. The first-order valence-corrected chi connectivity index (χ1v) is 11.7. The molecule has 0 saturated carbocycles. The fourth-order valence-corrected chi connectivity index (χ4v) is 4.93. The minimum absolute atomic E-state index is 0.113. The second-order valence-electron chi connectivity index (χ2n) is 9.16. The van der Waals surface area contributed by atoms with Crippen LogP contribution in [0.15, 0.2) is 48.7 Å². The maximum atomic E-state index is 12.7. The van der Waals surface area contributed by atoms with Gasteiger partial charge in [-0.1, -0.05) is 44.4 Å². The van der Waals surface area contributed by atoms with Crippen molar-refractivity contribution in [2.75, 3.05) is 36.0 Å². The number of carbonyl (C=O) groups is 1. The number of amides is 1. The van der Waals surface area contributed by atoms with Gasteiger partial charge in [-0.3, -0.25) is 4.79 Å². The monoisotopic (exact) mass is 421 g/mol. The van der Waals surface area contributed by atoms with Crippen LogP contribution in [0, 0.1) is 5.41 Å². The number of carbonyl (C=O) groups excluding carboxylic acids is 1. The molecule has 2 aliphatic heterocycles. The zero-order chi connectivity index (χ0) is 21.7. The van der Waals surface area contributed by atoms with Crippen molar-refractivity contribution < 1.29 is 4.79 Å². The Balaban J connectivity index is 1.36. The fourth-order valence-electron chi connectivity index (χ4n) is 4.93. The molecule has 166 valence electrons. The molecule has 0 bridgehead atoms. The topological polar surface area (TPSA) is 74.5 Å². The van der Waals surface area contributed by atoms with Crippen LogP contribution in [0.5, 0.6) is 0 Å². The number of pyridine rings is 1. The summed E-state index contributed by atoms with van der Waals surface area (Å²) in [6.45, 7) is 6.32. The van der Waals surface area contributed by atoms with Crippen molar-refractivity contribution in [1.29, 1.82) is 0 Å². The number of benzene rings is 1. The molecule has 1 spiro atoms. The van der Waals surface area contributed by atoms with Gasteiger partial charge in [0.1, 0.15) is 5.82 Å². The van der Waals surface area contributed by atoms with E-state index in [2.05, 4.69) is 57.4 Å². The van der Waals surface area contributed by atoms with Gasteiger partial charge in [0.05, 0.1) is 6.17 Å². The summed E-state index contributed by atoms with van der Waals surface area (Å²) in [5.41, 5.74) is 8.34. The highest BCUT2D eigenvalue weighted by Crippen LogP contribution is 2.42. The van der Waals surface area contributed by atoms with Crippen LogP contribution in [0.25, 0.3) is 0 Å². The Labute approximate surface area is 185 Å². The lowest BCUT2D eigenvalue weighted by atomic mass is 9.86. The third-order valence-corrected chi connectivity index (χ3v) is 6.76. The van der Waals surface area contributed by atoms with Gasteiger partial charge in [0.15, 0.2) is 0 Å². The average molecular weight is 422 g/mol. The van der Waals surface area contributed by atoms with E-state index in [0.717, 1.165) is 64.1 Å². The molecule has 0 radical (unpaired) electrons. The third-order valence-electron chi connectivity index (χ3n) is 6.76. The van der Waals surface area contributed by atoms with E-state index in [1.54, 1.807) is 12.3 Å². The molecule has 31 heavy (non-hydrogen) atoms. The van der Waals surface area contributed by atoms with Crippen molar-refractivity contribution in [3.63, 3.8) is 0 Å². The van der Waals surface area contributed by atoms with Crippen LogP contribution in [0.1, 0.15) is 55.8 Å². The highest BCUT2D eigenvalue weighted by atomic mass is 16.1. The number of hydrogen-bond donors (Lipinski definition) is 2. The number of anilines is 2. The number of rotatable bonds is 8. The van der Waals surface area contributed by atoms with E-state index in [-0.39, 0.29) is 12.1 Å². The van der Waals surface area contributed by atoms with Crippen molar-refractivity contribution in [2.45, 2.75) is 51.6 Å². The van der Waals surface area contributed by atoms with E-state index >= 15 is 0 Å². The first-order valence-electron chi connectivity index (χ1n) is 11.7. The molecule has 3 N–H and O–H groups in total. The van der Waals surface area contributed by atoms with E-state index in [0.29, 0.717) is 11.0 Å². The average Bonchev–Trinajstić information content (AvgIpc) is 3.41. The smallest absolute Gasteiger partial charge is 0.252 e. The van der Waals surface area contributed by atoms with Gasteiger partial charge < -0.3 is 20.9 Å². The second kappa shape index (κ2) is 9.69. The normalized spacial score (nSPS) is 21.6. The zero-order valence-electron chi connectivity index (χ0n) is 18.6. The van der Waals surface area contributed by atoms with Crippen molar-refractivity contribution >= 4 is 17.4 Å². The van der Waals surface area contributed by atoms with E-state index in [9.17, 15) is 4.79 Å². The Bertz CT molecular complexity index is 873. The summed E-state index contributed by atoms with van der Waals surface area (Å²) in [6.07, 6.45) is 7.94. The molecule has 2 aromatic rings. The summed E-state index contributed by atoms with van der Waals surface area (Å²) in [5, 5.41) is 2.93.